The Bertz CT molecular complexity index is 492. The fraction of sp³-hybridized carbons (Fsp3) is 0.650. The molecule has 1 rings (SSSR count). The van der Waals surface area contributed by atoms with Crippen molar-refractivity contribution >= 4 is 5.96 Å². The Kier molecular flexibility index (Phi) is 11.7. The first-order chi connectivity index (χ1) is 12.2. The van der Waals surface area contributed by atoms with Crippen molar-refractivity contribution in [2.75, 3.05) is 40.0 Å². The van der Waals surface area contributed by atoms with Gasteiger partial charge in [-0.15, -0.1) is 0 Å². The summed E-state index contributed by atoms with van der Waals surface area (Å²) in [5.74, 6) is 0.967. The van der Waals surface area contributed by atoms with Gasteiger partial charge < -0.3 is 19.7 Å². The van der Waals surface area contributed by atoms with Crippen LogP contribution in [-0.2, 0) is 22.6 Å². The van der Waals surface area contributed by atoms with E-state index >= 15 is 0 Å². The third kappa shape index (κ3) is 9.46. The predicted octanol–water partition coefficient (Wildman–Crippen LogP) is 3.44. The van der Waals surface area contributed by atoms with Gasteiger partial charge in [-0.05, 0) is 31.4 Å². The molecular weight excluding hydrogens is 314 g/mol. The summed E-state index contributed by atoms with van der Waals surface area (Å²) in [4.78, 5) is 6.97. The van der Waals surface area contributed by atoms with Gasteiger partial charge in [-0.3, -0.25) is 0 Å². The van der Waals surface area contributed by atoms with Crippen LogP contribution in [0.15, 0.2) is 29.3 Å². The maximum atomic E-state index is 5.64. The number of rotatable bonds is 12. The zero-order chi connectivity index (χ0) is 18.3. The van der Waals surface area contributed by atoms with Crippen LogP contribution in [0.4, 0.5) is 0 Å². The van der Waals surface area contributed by atoms with Crippen LogP contribution < -0.4 is 5.32 Å². The van der Waals surface area contributed by atoms with Crippen molar-refractivity contribution in [1.82, 2.24) is 10.2 Å². The SMILES string of the molecule is CCCCN(C)C(=NCc1cccc(COCCOCC)c1)NCC. The lowest BCUT2D eigenvalue weighted by Gasteiger charge is -2.21. The summed E-state index contributed by atoms with van der Waals surface area (Å²) < 4.78 is 10.9. The molecule has 0 fully saturated rings. The van der Waals surface area contributed by atoms with E-state index in [0.29, 0.717) is 26.4 Å². The Hall–Kier alpha value is -1.59. The summed E-state index contributed by atoms with van der Waals surface area (Å²) in [5.41, 5.74) is 2.37. The molecule has 0 radical (unpaired) electrons. The fourth-order valence-electron chi connectivity index (χ4n) is 2.41. The molecule has 0 aliphatic rings. The summed E-state index contributed by atoms with van der Waals surface area (Å²) in [6.07, 6.45) is 2.37. The number of unbranched alkanes of at least 4 members (excludes halogenated alkanes) is 1. The molecule has 5 heteroatoms. The highest BCUT2D eigenvalue weighted by Gasteiger charge is 2.05. The quantitative estimate of drug-likeness (QED) is 0.357. The lowest BCUT2D eigenvalue weighted by molar-refractivity contribution is 0.0453. The van der Waals surface area contributed by atoms with E-state index < -0.39 is 0 Å². The van der Waals surface area contributed by atoms with E-state index in [2.05, 4.69) is 55.4 Å². The molecule has 1 N–H and O–H groups in total. The molecule has 0 bridgehead atoms. The third-order valence-electron chi connectivity index (χ3n) is 3.79. The maximum absolute atomic E-state index is 5.64. The number of benzene rings is 1. The number of nitrogens with zero attached hydrogens (tertiary/aromatic N) is 2. The molecule has 0 aromatic heterocycles. The van der Waals surface area contributed by atoms with Gasteiger partial charge in [0.2, 0.25) is 0 Å². The first-order valence-electron chi connectivity index (χ1n) is 9.43. The number of nitrogens with one attached hydrogen (secondary N) is 1. The van der Waals surface area contributed by atoms with Crippen LogP contribution in [0.2, 0.25) is 0 Å². The van der Waals surface area contributed by atoms with Crippen molar-refractivity contribution in [3.8, 4) is 0 Å². The first kappa shape index (κ1) is 21.5. The minimum atomic E-state index is 0.612. The molecule has 25 heavy (non-hydrogen) atoms. The van der Waals surface area contributed by atoms with Crippen molar-refractivity contribution in [3.05, 3.63) is 35.4 Å². The highest BCUT2D eigenvalue weighted by atomic mass is 16.5. The Morgan fingerprint density at radius 1 is 1.12 bits per heavy atom. The molecular formula is C20H35N3O2. The highest BCUT2D eigenvalue weighted by molar-refractivity contribution is 5.79. The molecule has 0 atom stereocenters. The minimum Gasteiger partial charge on any atom is -0.379 e. The number of ether oxygens (including phenoxy) is 2. The molecule has 1 aromatic rings. The van der Waals surface area contributed by atoms with Crippen LogP contribution in [0, 0.1) is 0 Å². The molecule has 0 spiro atoms. The summed E-state index contributed by atoms with van der Waals surface area (Å²) in [6.45, 7) is 11.5. The van der Waals surface area contributed by atoms with E-state index in [1.807, 2.05) is 6.92 Å². The zero-order valence-electron chi connectivity index (χ0n) is 16.4. The van der Waals surface area contributed by atoms with E-state index in [1.165, 1.54) is 24.0 Å². The average molecular weight is 350 g/mol. The molecule has 0 heterocycles. The molecule has 0 aliphatic heterocycles. The lowest BCUT2D eigenvalue weighted by Crippen LogP contribution is -2.39. The monoisotopic (exact) mass is 349 g/mol. The second kappa shape index (κ2) is 13.7. The number of guanidine groups is 1. The highest BCUT2D eigenvalue weighted by Crippen LogP contribution is 2.08. The van der Waals surface area contributed by atoms with E-state index in [1.54, 1.807) is 0 Å². The van der Waals surface area contributed by atoms with Crippen LogP contribution in [0.5, 0.6) is 0 Å². The van der Waals surface area contributed by atoms with Gasteiger partial charge in [0, 0.05) is 26.7 Å². The van der Waals surface area contributed by atoms with Crippen LogP contribution in [-0.4, -0.2) is 50.8 Å². The molecule has 0 saturated heterocycles. The van der Waals surface area contributed by atoms with Gasteiger partial charge in [0.05, 0.1) is 26.4 Å². The summed E-state index contributed by atoms with van der Waals surface area (Å²) in [7, 11) is 2.10. The second-order valence-electron chi connectivity index (χ2n) is 6.01. The van der Waals surface area contributed by atoms with Crippen molar-refractivity contribution < 1.29 is 9.47 Å². The van der Waals surface area contributed by atoms with E-state index in [-0.39, 0.29) is 0 Å². The van der Waals surface area contributed by atoms with Gasteiger partial charge in [-0.1, -0.05) is 37.6 Å². The molecule has 0 saturated carbocycles. The topological polar surface area (TPSA) is 46.1 Å². The molecule has 0 aliphatic carbocycles. The van der Waals surface area contributed by atoms with E-state index in [9.17, 15) is 0 Å². The number of hydrogen-bond donors (Lipinski definition) is 1. The minimum absolute atomic E-state index is 0.612. The van der Waals surface area contributed by atoms with E-state index in [4.69, 9.17) is 14.5 Å². The predicted molar refractivity (Wildman–Crippen MR) is 105 cm³/mol. The molecule has 0 unspecified atom stereocenters. The first-order valence-corrected chi connectivity index (χ1v) is 9.43. The zero-order valence-corrected chi connectivity index (χ0v) is 16.4. The molecule has 0 amide bonds. The van der Waals surface area contributed by atoms with Gasteiger partial charge >= 0.3 is 0 Å². The standard InChI is InChI=1S/C20H35N3O2/c1-5-8-12-23(4)20(21-6-2)22-16-18-10-9-11-19(15-18)17-25-14-13-24-7-3/h9-11,15H,5-8,12-14,16-17H2,1-4H3,(H,21,22). The Balaban J connectivity index is 2.56. The van der Waals surface area contributed by atoms with Crippen LogP contribution in [0.3, 0.4) is 0 Å². The summed E-state index contributed by atoms with van der Waals surface area (Å²) in [6, 6.07) is 8.44. The fourth-order valence-corrected chi connectivity index (χ4v) is 2.41. The lowest BCUT2D eigenvalue weighted by atomic mass is 10.1. The van der Waals surface area contributed by atoms with Crippen molar-refractivity contribution in [3.63, 3.8) is 0 Å². The molecule has 1 aromatic carbocycles. The van der Waals surface area contributed by atoms with Crippen molar-refractivity contribution in [2.45, 2.75) is 46.8 Å². The van der Waals surface area contributed by atoms with Gasteiger partial charge in [0.15, 0.2) is 5.96 Å². The summed E-state index contributed by atoms with van der Waals surface area (Å²) >= 11 is 0. The number of hydrogen-bond acceptors (Lipinski definition) is 3. The molecule has 5 nitrogen and oxygen atoms in total. The largest absolute Gasteiger partial charge is 0.379 e. The van der Waals surface area contributed by atoms with Crippen molar-refractivity contribution in [1.29, 1.82) is 0 Å². The van der Waals surface area contributed by atoms with Gasteiger partial charge in [-0.2, -0.15) is 0 Å². The van der Waals surface area contributed by atoms with Gasteiger partial charge in [0.25, 0.3) is 0 Å². The second-order valence-corrected chi connectivity index (χ2v) is 6.01. The van der Waals surface area contributed by atoms with Crippen LogP contribution >= 0.6 is 0 Å². The van der Waals surface area contributed by atoms with Gasteiger partial charge in [-0.25, -0.2) is 4.99 Å². The normalized spacial score (nSPS) is 11.6. The number of aliphatic imine (C=N–C) groups is 1. The van der Waals surface area contributed by atoms with Crippen LogP contribution in [0.1, 0.15) is 44.7 Å². The Morgan fingerprint density at radius 3 is 2.60 bits per heavy atom. The average Bonchev–Trinajstić information content (AvgIpc) is 2.63. The van der Waals surface area contributed by atoms with Gasteiger partial charge in [0.1, 0.15) is 0 Å². The van der Waals surface area contributed by atoms with E-state index in [0.717, 1.165) is 25.7 Å². The summed E-state index contributed by atoms with van der Waals surface area (Å²) in [5, 5.41) is 3.37. The Morgan fingerprint density at radius 2 is 1.88 bits per heavy atom. The third-order valence-corrected chi connectivity index (χ3v) is 3.79. The smallest absolute Gasteiger partial charge is 0.193 e. The maximum Gasteiger partial charge on any atom is 0.193 e. The van der Waals surface area contributed by atoms with Crippen LogP contribution in [0.25, 0.3) is 0 Å². The molecule has 142 valence electrons. The van der Waals surface area contributed by atoms with Crippen molar-refractivity contribution in [2.24, 2.45) is 4.99 Å². The Labute approximate surface area is 153 Å².